The van der Waals surface area contributed by atoms with Crippen molar-refractivity contribution in [1.29, 1.82) is 0 Å². The molecule has 0 aromatic heterocycles. The van der Waals surface area contributed by atoms with E-state index < -0.39 is 11.9 Å². The minimum atomic E-state index is -0.638. The molecule has 1 heterocycles. The molecular formula is C27H25NO7. The van der Waals surface area contributed by atoms with Gasteiger partial charge in [-0.15, -0.1) is 0 Å². The molecule has 8 heteroatoms. The third-order valence-electron chi connectivity index (χ3n) is 5.66. The highest BCUT2D eigenvalue weighted by Gasteiger charge is 2.36. The Kier molecular flexibility index (Phi) is 7.30. The fourth-order valence-corrected chi connectivity index (χ4v) is 3.70. The normalized spacial score (nSPS) is 15.0. The summed E-state index contributed by atoms with van der Waals surface area (Å²) < 4.78 is 21.2. The van der Waals surface area contributed by atoms with E-state index in [-0.39, 0.29) is 31.3 Å². The maximum Gasteiger partial charge on any atom is 0.311 e. The fourth-order valence-electron chi connectivity index (χ4n) is 3.70. The highest BCUT2D eigenvalue weighted by molar-refractivity contribution is 6.01. The van der Waals surface area contributed by atoms with E-state index in [2.05, 4.69) is 0 Å². The smallest absolute Gasteiger partial charge is 0.311 e. The number of carbonyl (C=O) groups excluding carboxylic acids is 3. The Morgan fingerprint density at radius 3 is 1.89 bits per heavy atom. The lowest BCUT2D eigenvalue weighted by molar-refractivity contribution is -0.147. The van der Waals surface area contributed by atoms with Crippen LogP contribution in [0.3, 0.4) is 0 Å². The number of carbonyl (C=O) groups is 3. The molecule has 0 spiro atoms. The topological polar surface area (TPSA) is 91.4 Å². The maximum atomic E-state index is 12.5. The first kappa shape index (κ1) is 23.8. The number of benzene rings is 3. The van der Waals surface area contributed by atoms with Gasteiger partial charge in [0.1, 0.15) is 23.0 Å². The molecule has 1 fully saturated rings. The third kappa shape index (κ3) is 5.78. The summed E-state index contributed by atoms with van der Waals surface area (Å²) in [6, 6.07) is 20.8. The van der Waals surface area contributed by atoms with Crippen LogP contribution in [0.2, 0.25) is 0 Å². The molecule has 0 saturated carbocycles. The molecule has 1 amide bonds. The summed E-state index contributed by atoms with van der Waals surface area (Å²) in [6.45, 7) is -0.194. The molecule has 1 aliphatic heterocycles. The van der Waals surface area contributed by atoms with Crippen molar-refractivity contribution in [3.05, 3.63) is 78.4 Å². The number of nitrogens with zero attached hydrogens (tertiary/aromatic N) is 1. The monoisotopic (exact) mass is 475 g/mol. The molecule has 0 unspecified atom stereocenters. The van der Waals surface area contributed by atoms with Crippen molar-refractivity contribution < 1.29 is 33.3 Å². The number of hydrogen-bond donors (Lipinski definition) is 0. The first-order valence-corrected chi connectivity index (χ1v) is 11.0. The van der Waals surface area contributed by atoms with Crippen LogP contribution < -0.4 is 19.1 Å². The van der Waals surface area contributed by atoms with Gasteiger partial charge in [-0.1, -0.05) is 0 Å². The first-order chi connectivity index (χ1) is 17.0. The van der Waals surface area contributed by atoms with Gasteiger partial charge in [-0.2, -0.15) is 0 Å². The summed E-state index contributed by atoms with van der Waals surface area (Å²) in [5, 5.41) is 0. The molecule has 35 heavy (non-hydrogen) atoms. The van der Waals surface area contributed by atoms with Crippen LogP contribution >= 0.6 is 0 Å². The van der Waals surface area contributed by atoms with Crippen LogP contribution in [0.15, 0.2) is 72.8 Å². The van der Waals surface area contributed by atoms with Gasteiger partial charge in [-0.05, 0) is 72.8 Å². The SMILES string of the molecule is COc1ccc(Oc2ccc(N3C[C@@H](C(=O)OCC(=O)c4ccc(OC)cc4)CC3=O)cc2)cc1. The second kappa shape index (κ2) is 10.7. The summed E-state index contributed by atoms with van der Waals surface area (Å²) >= 11 is 0. The van der Waals surface area contributed by atoms with Crippen molar-refractivity contribution in [3.63, 3.8) is 0 Å². The van der Waals surface area contributed by atoms with E-state index in [1.54, 1.807) is 79.9 Å². The summed E-state index contributed by atoms with van der Waals surface area (Å²) in [5.41, 5.74) is 1.07. The van der Waals surface area contributed by atoms with Crippen LogP contribution in [-0.4, -0.2) is 45.0 Å². The maximum absolute atomic E-state index is 12.5. The van der Waals surface area contributed by atoms with Crippen LogP contribution in [0.25, 0.3) is 0 Å². The Bertz CT molecular complexity index is 1190. The second-order valence-electron chi connectivity index (χ2n) is 7.94. The zero-order valence-corrected chi connectivity index (χ0v) is 19.4. The van der Waals surface area contributed by atoms with Gasteiger partial charge in [0.15, 0.2) is 12.4 Å². The Morgan fingerprint density at radius 1 is 0.800 bits per heavy atom. The van der Waals surface area contributed by atoms with Crippen molar-refractivity contribution in [2.45, 2.75) is 6.42 Å². The highest BCUT2D eigenvalue weighted by Crippen LogP contribution is 2.29. The molecule has 0 aliphatic carbocycles. The van der Waals surface area contributed by atoms with Crippen molar-refractivity contribution in [3.8, 4) is 23.0 Å². The van der Waals surface area contributed by atoms with E-state index in [4.69, 9.17) is 18.9 Å². The number of esters is 1. The number of amides is 1. The average molecular weight is 475 g/mol. The highest BCUT2D eigenvalue weighted by atomic mass is 16.5. The van der Waals surface area contributed by atoms with Gasteiger partial charge in [0.05, 0.1) is 20.1 Å². The summed E-state index contributed by atoms with van der Waals surface area (Å²) in [7, 11) is 3.13. The van der Waals surface area contributed by atoms with E-state index in [1.807, 2.05) is 0 Å². The third-order valence-corrected chi connectivity index (χ3v) is 5.66. The van der Waals surface area contributed by atoms with Crippen molar-refractivity contribution >= 4 is 23.3 Å². The summed E-state index contributed by atoms with van der Waals surface area (Å²) in [6.07, 6.45) is 0.0274. The number of ether oxygens (including phenoxy) is 4. The zero-order valence-electron chi connectivity index (χ0n) is 19.4. The fraction of sp³-hybridized carbons (Fsp3) is 0.222. The van der Waals surface area contributed by atoms with Gasteiger partial charge in [-0.3, -0.25) is 14.4 Å². The average Bonchev–Trinajstić information content (AvgIpc) is 3.29. The molecule has 8 nitrogen and oxygen atoms in total. The molecule has 0 bridgehead atoms. The molecule has 0 N–H and O–H groups in total. The Labute approximate surface area is 203 Å². The minimum absolute atomic E-state index is 0.0274. The molecule has 1 saturated heterocycles. The van der Waals surface area contributed by atoms with E-state index >= 15 is 0 Å². The molecule has 4 rings (SSSR count). The largest absolute Gasteiger partial charge is 0.497 e. The number of anilines is 1. The Balaban J connectivity index is 1.31. The van der Waals surface area contributed by atoms with Crippen LogP contribution in [-0.2, 0) is 14.3 Å². The summed E-state index contributed by atoms with van der Waals surface area (Å²) in [4.78, 5) is 38.9. The van der Waals surface area contributed by atoms with Crippen LogP contribution in [0.4, 0.5) is 5.69 Å². The van der Waals surface area contributed by atoms with Gasteiger partial charge in [-0.25, -0.2) is 0 Å². The second-order valence-corrected chi connectivity index (χ2v) is 7.94. The predicted molar refractivity (Wildman–Crippen MR) is 128 cm³/mol. The quantitative estimate of drug-likeness (QED) is 0.337. The van der Waals surface area contributed by atoms with Crippen molar-refractivity contribution in [2.24, 2.45) is 5.92 Å². The standard InChI is InChI=1S/C27H25NO7/c1-32-21-7-3-18(4-8-21)25(29)17-34-27(31)19-15-26(30)28(16-19)20-5-9-23(10-6-20)35-24-13-11-22(33-2)12-14-24/h3-14,19H,15-17H2,1-2H3/t19-/m0/s1. The number of methoxy groups -OCH3 is 2. The summed E-state index contributed by atoms with van der Waals surface area (Å²) in [5.74, 6) is 0.915. The van der Waals surface area contributed by atoms with Crippen molar-refractivity contribution in [2.75, 3.05) is 32.3 Å². The predicted octanol–water partition coefficient (Wildman–Crippen LogP) is 4.28. The number of ketones is 1. The van der Waals surface area contributed by atoms with Gasteiger partial charge in [0.25, 0.3) is 0 Å². The van der Waals surface area contributed by atoms with E-state index in [0.717, 1.165) is 5.75 Å². The van der Waals surface area contributed by atoms with E-state index in [1.165, 1.54) is 12.0 Å². The van der Waals surface area contributed by atoms with E-state index in [0.29, 0.717) is 28.5 Å². The molecule has 3 aromatic carbocycles. The molecule has 1 atom stereocenters. The number of rotatable bonds is 9. The number of Topliss-reactive ketones (excluding diaryl/α,β-unsaturated/α-hetero) is 1. The molecule has 180 valence electrons. The lowest BCUT2D eigenvalue weighted by atomic mass is 10.1. The van der Waals surface area contributed by atoms with Crippen LogP contribution in [0.1, 0.15) is 16.8 Å². The first-order valence-electron chi connectivity index (χ1n) is 11.0. The molecule has 3 aromatic rings. The zero-order chi connectivity index (χ0) is 24.8. The van der Waals surface area contributed by atoms with Gasteiger partial charge >= 0.3 is 5.97 Å². The number of hydrogen-bond acceptors (Lipinski definition) is 7. The van der Waals surface area contributed by atoms with Crippen LogP contribution in [0.5, 0.6) is 23.0 Å². The molecular weight excluding hydrogens is 450 g/mol. The lowest BCUT2D eigenvalue weighted by Crippen LogP contribution is -2.27. The molecule has 1 aliphatic rings. The van der Waals surface area contributed by atoms with Crippen LogP contribution in [0, 0.1) is 5.92 Å². The van der Waals surface area contributed by atoms with Gasteiger partial charge in [0.2, 0.25) is 5.91 Å². The molecule has 0 radical (unpaired) electrons. The Hall–Kier alpha value is -4.33. The van der Waals surface area contributed by atoms with Gasteiger partial charge < -0.3 is 23.8 Å². The van der Waals surface area contributed by atoms with Gasteiger partial charge in [0, 0.05) is 24.2 Å². The Morgan fingerprint density at radius 2 is 1.31 bits per heavy atom. The van der Waals surface area contributed by atoms with Crippen molar-refractivity contribution in [1.82, 2.24) is 0 Å². The van der Waals surface area contributed by atoms with E-state index in [9.17, 15) is 14.4 Å². The minimum Gasteiger partial charge on any atom is -0.497 e. The lowest BCUT2D eigenvalue weighted by Gasteiger charge is -2.17.